The van der Waals surface area contributed by atoms with Crippen LogP contribution in [-0.2, 0) is 20.2 Å². The van der Waals surface area contributed by atoms with Crippen LogP contribution >= 0.6 is 0 Å². The van der Waals surface area contributed by atoms with Gasteiger partial charge in [0, 0.05) is 0 Å². The van der Waals surface area contributed by atoms with Gasteiger partial charge >= 0.3 is 0 Å². The van der Waals surface area contributed by atoms with E-state index in [1.807, 2.05) is 0 Å². The molecule has 0 saturated carbocycles. The summed E-state index contributed by atoms with van der Waals surface area (Å²) in [6.45, 7) is 1.37. The van der Waals surface area contributed by atoms with Crippen molar-refractivity contribution in [3.8, 4) is 0 Å². The Morgan fingerprint density at radius 3 is 1.56 bits per heavy atom. The monoisotopic (exact) mass is 268 g/mol. The van der Waals surface area contributed by atoms with Crippen LogP contribution in [0.1, 0.15) is 6.92 Å². The molecular formula is C8H12O6S2. The van der Waals surface area contributed by atoms with Gasteiger partial charge in [-0.15, -0.1) is 0 Å². The SMILES string of the molecule is CCS(=O)(=O)O.O=S(=O)(O)c1ccccc1. The maximum atomic E-state index is 10.4. The van der Waals surface area contributed by atoms with Gasteiger partial charge in [-0.25, -0.2) is 0 Å². The summed E-state index contributed by atoms with van der Waals surface area (Å²) in [6.07, 6.45) is 0. The Kier molecular flexibility index (Phi) is 5.59. The molecule has 1 aromatic rings. The minimum atomic E-state index is -4.00. The maximum absolute atomic E-state index is 10.4. The average molecular weight is 268 g/mol. The lowest BCUT2D eigenvalue weighted by Crippen LogP contribution is -1.97. The minimum Gasteiger partial charge on any atom is -0.286 e. The summed E-state index contributed by atoms with van der Waals surface area (Å²) in [5.74, 6) is -0.201. The molecule has 0 saturated heterocycles. The Morgan fingerprint density at radius 1 is 1.00 bits per heavy atom. The second kappa shape index (κ2) is 5.94. The lowest BCUT2D eigenvalue weighted by atomic mass is 10.4. The number of rotatable bonds is 2. The maximum Gasteiger partial charge on any atom is 0.294 e. The number of hydrogen-bond donors (Lipinski definition) is 2. The summed E-state index contributed by atoms with van der Waals surface area (Å²) in [6, 6.07) is 7.42. The molecule has 0 spiro atoms. The van der Waals surface area contributed by atoms with Crippen molar-refractivity contribution in [1.29, 1.82) is 0 Å². The molecule has 6 nitrogen and oxygen atoms in total. The van der Waals surface area contributed by atoms with Gasteiger partial charge in [-0.05, 0) is 19.1 Å². The van der Waals surface area contributed by atoms with Crippen molar-refractivity contribution < 1.29 is 25.9 Å². The van der Waals surface area contributed by atoms with E-state index >= 15 is 0 Å². The van der Waals surface area contributed by atoms with Gasteiger partial charge in [0.1, 0.15) is 0 Å². The van der Waals surface area contributed by atoms with Gasteiger partial charge in [0.15, 0.2) is 0 Å². The molecule has 2 N–H and O–H groups in total. The van der Waals surface area contributed by atoms with Gasteiger partial charge in [-0.3, -0.25) is 9.11 Å². The van der Waals surface area contributed by atoms with Crippen LogP contribution in [0, 0.1) is 0 Å². The molecule has 0 atom stereocenters. The molecule has 0 aliphatic carbocycles. The topological polar surface area (TPSA) is 109 Å². The molecule has 0 radical (unpaired) electrons. The highest BCUT2D eigenvalue weighted by atomic mass is 32.2. The molecule has 8 heteroatoms. The van der Waals surface area contributed by atoms with E-state index in [0.29, 0.717) is 0 Å². The van der Waals surface area contributed by atoms with Crippen LogP contribution in [0.5, 0.6) is 0 Å². The number of hydrogen-bond acceptors (Lipinski definition) is 4. The Morgan fingerprint density at radius 2 is 1.38 bits per heavy atom. The van der Waals surface area contributed by atoms with Crippen molar-refractivity contribution in [3.63, 3.8) is 0 Å². The Labute approximate surface area is 94.4 Å². The van der Waals surface area contributed by atoms with E-state index in [9.17, 15) is 16.8 Å². The van der Waals surface area contributed by atoms with Crippen LogP contribution in [-0.4, -0.2) is 31.7 Å². The van der Waals surface area contributed by atoms with E-state index in [-0.39, 0.29) is 10.6 Å². The van der Waals surface area contributed by atoms with Crippen molar-refractivity contribution in [2.45, 2.75) is 11.8 Å². The van der Waals surface area contributed by atoms with Gasteiger partial charge in [0.25, 0.3) is 20.2 Å². The van der Waals surface area contributed by atoms with Gasteiger partial charge < -0.3 is 0 Å². The lowest BCUT2D eigenvalue weighted by Gasteiger charge is -1.92. The molecule has 0 heterocycles. The largest absolute Gasteiger partial charge is 0.294 e. The molecule has 16 heavy (non-hydrogen) atoms. The van der Waals surface area contributed by atoms with Crippen LogP contribution < -0.4 is 0 Å². The molecule has 0 amide bonds. The predicted octanol–water partition coefficient (Wildman–Crippen LogP) is 0.827. The van der Waals surface area contributed by atoms with Crippen LogP contribution in [0.15, 0.2) is 35.2 Å². The fourth-order valence-corrected chi connectivity index (χ4v) is 1.09. The van der Waals surface area contributed by atoms with Crippen LogP contribution in [0.4, 0.5) is 0 Å². The predicted molar refractivity (Wildman–Crippen MR) is 58.3 cm³/mol. The molecule has 0 bridgehead atoms. The first-order valence-corrected chi connectivity index (χ1v) is 7.19. The van der Waals surface area contributed by atoms with E-state index in [4.69, 9.17) is 9.11 Å². The first-order chi connectivity index (χ1) is 7.17. The fourth-order valence-electron chi connectivity index (χ4n) is 0.592. The highest BCUT2D eigenvalue weighted by molar-refractivity contribution is 7.86. The standard InChI is InChI=1S/C6H6O3S.C2H6O3S/c7-10(8,9)6-4-2-1-3-5-6;1-2-6(3,4)5/h1-5H,(H,7,8,9);2H2,1H3,(H,3,4,5). The zero-order valence-electron chi connectivity index (χ0n) is 8.44. The highest BCUT2D eigenvalue weighted by Crippen LogP contribution is 2.05. The summed E-state index contributed by atoms with van der Waals surface area (Å²) in [5, 5.41) is 0. The van der Waals surface area contributed by atoms with Gasteiger partial charge in [0.2, 0.25) is 0 Å². The van der Waals surface area contributed by atoms with Crippen LogP contribution in [0.3, 0.4) is 0 Å². The van der Waals surface area contributed by atoms with Crippen molar-refractivity contribution >= 4 is 20.2 Å². The molecule has 0 fully saturated rings. The smallest absolute Gasteiger partial charge is 0.286 e. The quantitative estimate of drug-likeness (QED) is 0.769. The third-order valence-electron chi connectivity index (χ3n) is 1.41. The van der Waals surface area contributed by atoms with Crippen molar-refractivity contribution in [2.75, 3.05) is 5.75 Å². The minimum absolute atomic E-state index is 0.0741. The Bertz CT molecular complexity index is 503. The molecule has 1 rings (SSSR count). The fraction of sp³-hybridized carbons (Fsp3) is 0.250. The van der Waals surface area contributed by atoms with E-state index in [0.717, 1.165) is 0 Å². The molecule has 0 aliphatic heterocycles. The Hall–Kier alpha value is -0.960. The average Bonchev–Trinajstić information content (AvgIpc) is 2.18. The third kappa shape index (κ3) is 7.35. The van der Waals surface area contributed by atoms with Crippen molar-refractivity contribution in [1.82, 2.24) is 0 Å². The first-order valence-electron chi connectivity index (χ1n) is 4.14. The second-order valence-corrected chi connectivity index (χ2v) is 5.82. The van der Waals surface area contributed by atoms with Crippen LogP contribution in [0.2, 0.25) is 0 Å². The first kappa shape index (κ1) is 15.0. The van der Waals surface area contributed by atoms with E-state index in [1.165, 1.54) is 19.1 Å². The molecule has 1 aromatic carbocycles. The molecule has 0 unspecified atom stereocenters. The summed E-state index contributed by atoms with van der Waals surface area (Å²) in [5.41, 5.74) is 0. The molecule has 0 aromatic heterocycles. The highest BCUT2D eigenvalue weighted by Gasteiger charge is 2.05. The van der Waals surface area contributed by atoms with Crippen molar-refractivity contribution in [2.24, 2.45) is 0 Å². The normalized spacial score (nSPS) is 11.4. The summed E-state index contributed by atoms with van der Waals surface area (Å²) < 4.78 is 56.1. The zero-order valence-corrected chi connectivity index (χ0v) is 10.1. The van der Waals surface area contributed by atoms with Gasteiger partial charge in [0.05, 0.1) is 10.6 Å². The van der Waals surface area contributed by atoms with E-state index < -0.39 is 20.2 Å². The molecular weight excluding hydrogens is 256 g/mol. The summed E-state index contributed by atoms with van der Waals surface area (Å²) >= 11 is 0. The summed E-state index contributed by atoms with van der Waals surface area (Å²) in [4.78, 5) is -0.0741. The zero-order chi connectivity index (χ0) is 12.8. The lowest BCUT2D eigenvalue weighted by molar-refractivity contribution is 0.481. The van der Waals surface area contributed by atoms with Crippen molar-refractivity contribution in [3.05, 3.63) is 30.3 Å². The van der Waals surface area contributed by atoms with Gasteiger partial charge in [-0.2, -0.15) is 16.8 Å². The Balaban J connectivity index is 0.000000325. The van der Waals surface area contributed by atoms with E-state index in [2.05, 4.69) is 0 Å². The second-order valence-electron chi connectivity index (χ2n) is 2.66. The third-order valence-corrected chi connectivity index (χ3v) is 3.00. The van der Waals surface area contributed by atoms with Gasteiger partial charge in [-0.1, -0.05) is 18.2 Å². The van der Waals surface area contributed by atoms with E-state index in [1.54, 1.807) is 18.2 Å². The van der Waals surface area contributed by atoms with Crippen LogP contribution in [0.25, 0.3) is 0 Å². The molecule has 92 valence electrons. The number of benzene rings is 1. The molecule has 0 aliphatic rings. The summed E-state index contributed by atoms with van der Waals surface area (Å²) in [7, 11) is -7.66.